The van der Waals surface area contributed by atoms with Gasteiger partial charge in [0.25, 0.3) is 0 Å². The first kappa shape index (κ1) is 11.0. The topological polar surface area (TPSA) is 32.3 Å². The zero-order chi connectivity index (χ0) is 10.0. The minimum absolute atomic E-state index is 0.199. The fourth-order valence-corrected chi connectivity index (χ4v) is 2.34. The van der Waals surface area contributed by atoms with Crippen LogP contribution in [0.3, 0.4) is 0 Å². The van der Waals surface area contributed by atoms with Crippen LogP contribution in [0.4, 0.5) is 0 Å². The van der Waals surface area contributed by atoms with Crippen LogP contribution < -0.4 is 5.32 Å². The van der Waals surface area contributed by atoms with Crippen molar-refractivity contribution in [3.63, 3.8) is 0 Å². The predicted molar refractivity (Wildman–Crippen MR) is 55.6 cm³/mol. The molecule has 0 saturated carbocycles. The number of aliphatic hydroxyl groups excluding tert-OH is 1. The highest BCUT2D eigenvalue weighted by Gasteiger charge is 2.28. The minimum Gasteiger partial charge on any atom is -0.393 e. The molecule has 5 atom stereocenters. The van der Waals surface area contributed by atoms with Gasteiger partial charge in [-0.25, -0.2) is 0 Å². The van der Waals surface area contributed by atoms with Crippen molar-refractivity contribution in [2.24, 2.45) is 11.8 Å². The van der Waals surface area contributed by atoms with Crippen LogP contribution >= 0.6 is 0 Å². The average Bonchev–Trinajstić information content (AvgIpc) is 2.01. The largest absolute Gasteiger partial charge is 0.393 e. The van der Waals surface area contributed by atoms with Crippen molar-refractivity contribution in [2.45, 2.75) is 58.7 Å². The summed E-state index contributed by atoms with van der Waals surface area (Å²) in [5.41, 5.74) is 0. The Morgan fingerprint density at radius 3 is 2.31 bits per heavy atom. The molecule has 1 aliphatic heterocycles. The number of hydrogen-bond acceptors (Lipinski definition) is 2. The summed E-state index contributed by atoms with van der Waals surface area (Å²) < 4.78 is 0. The van der Waals surface area contributed by atoms with E-state index in [0.717, 1.165) is 5.92 Å². The van der Waals surface area contributed by atoms with Gasteiger partial charge >= 0.3 is 0 Å². The van der Waals surface area contributed by atoms with Gasteiger partial charge in [0.05, 0.1) is 6.10 Å². The monoisotopic (exact) mass is 185 g/mol. The van der Waals surface area contributed by atoms with Crippen molar-refractivity contribution in [3.8, 4) is 0 Å². The van der Waals surface area contributed by atoms with Gasteiger partial charge in [-0.1, -0.05) is 13.8 Å². The van der Waals surface area contributed by atoms with E-state index in [1.54, 1.807) is 0 Å². The lowest BCUT2D eigenvalue weighted by atomic mass is 9.83. The lowest BCUT2D eigenvalue weighted by Crippen LogP contribution is -2.49. The number of rotatable bonds is 2. The van der Waals surface area contributed by atoms with Crippen LogP contribution in [0.5, 0.6) is 0 Å². The molecule has 0 aromatic rings. The van der Waals surface area contributed by atoms with Gasteiger partial charge in [-0.15, -0.1) is 0 Å². The fourth-order valence-electron chi connectivity index (χ4n) is 2.34. The smallest absolute Gasteiger partial charge is 0.0552 e. The summed E-state index contributed by atoms with van der Waals surface area (Å²) in [6.07, 6.45) is 2.27. The van der Waals surface area contributed by atoms with Crippen LogP contribution in [-0.4, -0.2) is 23.3 Å². The molecule has 2 heteroatoms. The van der Waals surface area contributed by atoms with Gasteiger partial charge < -0.3 is 10.4 Å². The van der Waals surface area contributed by atoms with E-state index in [-0.39, 0.29) is 6.10 Å². The van der Waals surface area contributed by atoms with Gasteiger partial charge in [0, 0.05) is 12.1 Å². The molecule has 0 radical (unpaired) electrons. The van der Waals surface area contributed by atoms with Crippen LogP contribution in [0.25, 0.3) is 0 Å². The van der Waals surface area contributed by atoms with Crippen LogP contribution in [-0.2, 0) is 0 Å². The molecule has 1 fully saturated rings. The molecule has 0 bridgehead atoms. The van der Waals surface area contributed by atoms with Gasteiger partial charge in [-0.05, 0) is 38.5 Å². The first-order valence-corrected chi connectivity index (χ1v) is 5.44. The van der Waals surface area contributed by atoms with Crippen molar-refractivity contribution in [3.05, 3.63) is 0 Å². The molecule has 78 valence electrons. The lowest BCUT2D eigenvalue weighted by Gasteiger charge is -2.37. The van der Waals surface area contributed by atoms with Crippen LogP contribution in [0, 0.1) is 11.8 Å². The maximum Gasteiger partial charge on any atom is 0.0552 e. The molecule has 2 N–H and O–H groups in total. The minimum atomic E-state index is -0.199. The third-order valence-corrected chi connectivity index (χ3v) is 3.31. The Morgan fingerprint density at radius 2 is 1.85 bits per heavy atom. The summed E-state index contributed by atoms with van der Waals surface area (Å²) in [5, 5.41) is 13.1. The molecule has 0 aromatic carbocycles. The highest BCUT2D eigenvalue weighted by molar-refractivity contribution is 4.86. The SMILES string of the molecule is CC1CC(C)NC(C(C)C(C)O)C1. The maximum absolute atomic E-state index is 9.51. The Hall–Kier alpha value is -0.0800. The molecule has 1 heterocycles. The van der Waals surface area contributed by atoms with E-state index in [1.807, 2.05) is 6.92 Å². The molecular weight excluding hydrogens is 162 g/mol. The van der Waals surface area contributed by atoms with E-state index in [0.29, 0.717) is 18.0 Å². The Balaban J connectivity index is 2.49. The van der Waals surface area contributed by atoms with Gasteiger partial charge in [0.2, 0.25) is 0 Å². The third kappa shape index (κ3) is 2.96. The molecule has 1 aliphatic rings. The molecular formula is C11H23NO. The van der Waals surface area contributed by atoms with Crippen LogP contribution in [0.2, 0.25) is 0 Å². The second-order valence-corrected chi connectivity index (χ2v) is 4.85. The van der Waals surface area contributed by atoms with Gasteiger partial charge in [0.1, 0.15) is 0 Å². The molecule has 0 amide bonds. The summed E-state index contributed by atoms with van der Waals surface area (Å²) in [6, 6.07) is 1.11. The Morgan fingerprint density at radius 1 is 1.23 bits per heavy atom. The first-order chi connectivity index (χ1) is 6.00. The molecule has 0 spiro atoms. The summed E-state index contributed by atoms with van der Waals surface area (Å²) in [5.74, 6) is 1.16. The number of hydrogen-bond donors (Lipinski definition) is 2. The van der Waals surface area contributed by atoms with E-state index in [4.69, 9.17) is 0 Å². The number of nitrogens with one attached hydrogen (secondary N) is 1. The molecule has 1 rings (SSSR count). The second kappa shape index (κ2) is 4.43. The third-order valence-electron chi connectivity index (χ3n) is 3.31. The van der Waals surface area contributed by atoms with Crippen LogP contribution in [0.15, 0.2) is 0 Å². The lowest BCUT2D eigenvalue weighted by molar-refractivity contribution is 0.0867. The first-order valence-electron chi connectivity index (χ1n) is 5.44. The predicted octanol–water partition coefficient (Wildman–Crippen LogP) is 1.78. The fraction of sp³-hybridized carbons (Fsp3) is 1.00. The van der Waals surface area contributed by atoms with E-state index < -0.39 is 0 Å². The summed E-state index contributed by atoms with van der Waals surface area (Å²) in [4.78, 5) is 0. The zero-order valence-electron chi connectivity index (χ0n) is 9.25. The summed E-state index contributed by atoms with van der Waals surface area (Å²) in [7, 11) is 0. The highest BCUT2D eigenvalue weighted by atomic mass is 16.3. The Labute approximate surface area is 81.7 Å². The van der Waals surface area contributed by atoms with E-state index in [1.165, 1.54) is 12.8 Å². The van der Waals surface area contributed by atoms with Crippen molar-refractivity contribution >= 4 is 0 Å². The van der Waals surface area contributed by atoms with Gasteiger partial charge in [-0.2, -0.15) is 0 Å². The second-order valence-electron chi connectivity index (χ2n) is 4.85. The van der Waals surface area contributed by atoms with Gasteiger partial charge in [0.15, 0.2) is 0 Å². The quantitative estimate of drug-likeness (QED) is 0.687. The standard InChI is InChI=1S/C11H23NO/c1-7-5-8(2)12-11(6-7)9(3)10(4)13/h7-13H,5-6H2,1-4H3. The normalized spacial score (nSPS) is 39.9. The van der Waals surface area contributed by atoms with Crippen molar-refractivity contribution in [2.75, 3.05) is 0 Å². The molecule has 0 aromatic heterocycles. The Kier molecular flexibility index (Phi) is 3.74. The molecule has 0 aliphatic carbocycles. The number of piperidine rings is 1. The zero-order valence-corrected chi connectivity index (χ0v) is 9.25. The van der Waals surface area contributed by atoms with Crippen molar-refractivity contribution in [1.29, 1.82) is 0 Å². The maximum atomic E-state index is 9.51. The van der Waals surface area contributed by atoms with Crippen LogP contribution in [0.1, 0.15) is 40.5 Å². The molecule has 1 saturated heterocycles. The van der Waals surface area contributed by atoms with Crippen molar-refractivity contribution in [1.82, 2.24) is 5.32 Å². The van der Waals surface area contributed by atoms with E-state index >= 15 is 0 Å². The van der Waals surface area contributed by atoms with E-state index in [9.17, 15) is 5.11 Å². The Bertz CT molecular complexity index is 148. The van der Waals surface area contributed by atoms with Crippen molar-refractivity contribution < 1.29 is 5.11 Å². The van der Waals surface area contributed by atoms with E-state index in [2.05, 4.69) is 26.1 Å². The number of aliphatic hydroxyl groups is 1. The summed E-state index contributed by atoms with van der Waals surface area (Å²) in [6.45, 7) is 8.56. The average molecular weight is 185 g/mol. The molecule has 2 nitrogen and oxygen atoms in total. The summed E-state index contributed by atoms with van der Waals surface area (Å²) >= 11 is 0. The highest BCUT2D eigenvalue weighted by Crippen LogP contribution is 2.24. The molecule has 13 heavy (non-hydrogen) atoms. The molecule has 5 unspecified atom stereocenters. The van der Waals surface area contributed by atoms with Gasteiger partial charge in [-0.3, -0.25) is 0 Å².